The molecule has 41 heavy (non-hydrogen) atoms. The molecule has 1 N–H and O–H groups in total. The summed E-state index contributed by atoms with van der Waals surface area (Å²) in [5, 5.41) is 11.7. The zero-order chi connectivity index (χ0) is 27.4. The Morgan fingerprint density at radius 2 is 1.56 bits per heavy atom. The van der Waals surface area contributed by atoms with Gasteiger partial charge in [0.05, 0.1) is 17.8 Å². The van der Waals surface area contributed by atoms with E-state index in [2.05, 4.69) is 125 Å². The fourth-order valence-electron chi connectivity index (χ4n) is 7.09. The molecule has 0 atom stereocenters. The minimum atomic E-state index is 0.123. The van der Waals surface area contributed by atoms with Crippen molar-refractivity contribution in [2.75, 3.05) is 24.7 Å². The Morgan fingerprint density at radius 3 is 2.44 bits per heavy atom. The molecule has 4 heteroatoms. The highest BCUT2D eigenvalue weighted by Crippen LogP contribution is 2.48. The van der Waals surface area contributed by atoms with Gasteiger partial charge in [0.2, 0.25) is 0 Å². The number of nitrogens with zero attached hydrogens (tertiary/aromatic N) is 2. The van der Waals surface area contributed by atoms with Crippen LogP contribution in [0.1, 0.15) is 29.7 Å². The number of anilines is 1. The maximum atomic E-state index is 5.85. The second-order valence-electron chi connectivity index (χ2n) is 11.8. The number of benzene rings is 5. The van der Waals surface area contributed by atoms with E-state index in [1.807, 2.05) is 0 Å². The van der Waals surface area contributed by atoms with Crippen LogP contribution in [0.3, 0.4) is 0 Å². The molecular weight excluding hydrogens is 502 g/mol. The average molecular weight is 536 g/mol. The number of aromatic amines is 1. The molecule has 202 valence electrons. The topological polar surface area (TPSA) is 41.2 Å². The molecule has 8 rings (SSSR count). The second kappa shape index (κ2) is 9.60. The number of H-pyrrole nitrogens is 1. The minimum Gasteiger partial charge on any atom is -0.381 e. The van der Waals surface area contributed by atoms with E-state index in [0.29, 0.717) is 0 Å². The van der Waals surface area contributed by atoms with Gasteiger partial charge in [0, 0.05) is 36.2 Å². The van der Waals surface area contributed by atoms with Gasteiger partial charge in [-0.15, -0.1) is 0 Å². The number of aryl methyl sites for hydroxylation is 1. The predicted molar refractivity (Wildman–Crippen MR) is 168 cm³/mol. The van der Waals surface area contributed by atoms with Crippen LogP contribution in [0.25, 0.3) is 43.9 Å². The van der Waals surface area contributed by atoms with Crippen molar-refractivity contribution < 1.29 is 4.74 Å². The maximum Gasteiger partial charge on any atom is 0.0924 e. The first-order chi connectivity index (χ1) is 20.2. The summed E-state index contributed by atoms with van der Waals surface area (Å²) in [6.07, 6.45) is 2.12. The van der Waals surface area contributed by atoms with Crippen molar-refractivity contribution in [3.8, 4) is 22.3 Å². The summed E-state index contributed by atoms with van der Waals surface area (Å²) in [6.45, 7) is 5.64. The lowest BCUT2D eigenvalue weighted by Gasteiger charge is -2.34. The molecule has 0 bridgehead atoms. The number of fused-ring (bicyclic) bond motifs is 4. The van der Waals surface area contributed by atoms with Crippen molar-refractivity contribution >= 4 is 27.4 Å². The normalized spacial score (nSPS) is 16.1. The van der Waals surface area contributed by atoms with E-state index >= 15 is 0 Å². The lowest BCUT2D eigenvalue weighted by molar-refractivity contribution is 0.0553. The quantitative estimate of drug-likeness (QED) is 0.246. The third-order valence-electron chi connectivity index (χ3n) is 9.31. The number of rotatable bonds is 4. The number of ether oxygens (including phenoxy) is 1. The molecule has 4 nitrogen and oxygen atoms in total. The van der Waals surface area contributed by atoms with Crippen LogP contribution < -0.4 is 4.90 Å². The van der Waals surface area contributed by atoms with Gasteiger partial charge in [-0.25, -0.2) is 0 Å². The molecule has 1 spiro atoms. The van der Waals surface area contributed by atoms with Crippen molar-refractivity contribution in [1.82, 2.24) is 10.2 Å². The first-order valence-corrected chi connectivity index (χ1v) is 14.7. The van der Waals surface area contributed by atoms with E-state index in [1.165, 1.54) is 60.9 Å². The Hall–Kier alpha value is -4.41. The van der Waals surface area contributed by atoms with Crippen LogP contribution in [-0.4, -0.2) is 30.0 Å². The monoisotopic (exact) mass is 535 g/mol. The van der Waals surface area contributed by atoms with E-state index in [1.54, 1.807) is 0 Å². The van der Waals surface area contributed by atoms with Gasteiger partial charge >= 0.3 is 0 Å². The second-order valence-corrected chi connectivity index (χ2v) is 11.8. The summed E-state index contributed by atoms with van der Waals surface area (Å²) in [6, 6.07) is 37.9. The highest BCUT2D eigenvalue weighted by molar-refractivity contribution is 5.96. The van der Waals surface area contributed by atoms with Crippen LogP contribution >= 0.6 is 0 Å². The third-order valence-corrected chi connectivity index (χ3v) is 9.31. The Kier molecular flexibility index (Phi) is 5.71. The van der Waals surface area contributed by atoms with Gasteiger partial charge in [-0.05, 0) is 82.6 Å². The standard InChI is InChI=1S/C37H33N3O/c1-25-9-15-34-32(21-25)35(39-38-34)23-40-24-37(17-19-41-20-18-37)33-22-29(14-16-36(33)40)26-10-12-28(13-11-26)31-8-4-6-27-5-2-3-7-30(27)31/h2-16,21-22H,17-20,23-24H2,1H3,(H,38,39). The summed E-state index contributed by atoms with van der Waals surface area (Å²) < 4.78 is 5.85. The van der Waals surface area contributed by atoms with E-state index in [-0.39, 0.29) is 5.41 Å². The SMILES string of the molecule is Cc1ccc2n[nH]c(CN3CC4(CCOCC4)c4cc(-c5ccc(-c6cccc7ccccc67)cc5)ccc43)c2c1. The average Bonchev–Trinajstić information content (AvgIpc) is 3.55. The van der Waals surface area contributed by atoms with Crippen LogP contribution in [-0.2, 0) is 16.7 Å². The van der Waals surface area contributed by atoms with Crippen LogP contribution in [0.5, 0.6) is 0 Å². The van der Waals surface area contributed by atoms with Crippen molar-refractivity contribution in [2.45, 2.75) is 31.7 Å². The number of hydrogen-bond donors (Lipinski definition) is 1. The van der Waals surface area contributed by atoms with E-state index in [9.17, 15) is 0 Å². The van der Waals surface area contributed by atoms with Gasteiger partial charge in [0.25, 0.3) is 0 Å². The Morgan fingerprint density at radius 1 is 0.780 bits per heavy atom. The molecule has 1 saturated heterocycles. The number of nitrogens with one attached hydrogen (secondary N) is 1. The van der Waals surface area contributed by atoms with Crippen LogP contribution in [0, 0.1) is 6.92 Å². The highest BCUT2D eigenvalue weighted by atomic mass is 16.5. The largest absolute Gasteiger partial charge is 0.381 e. The summed E-state index contributed by atoms with van der Waals surface area (Å²) in [5.41, 5.74) is 11.5. The molecular formula is C37H33N3O. The zero-order valence-electron chi connectivity index (χ0n) is 23.4. The molecule has 0 radical (unpaired) electrons. The van der Waals surface area contributed by atoms with Gasteiger partial charge < -0.3 is 9.64 Å². The van der Waals surface area contributed by atoms with E-state index < -0.39 is 0 Å². The molecule has 0 aliphatic carbocycles. The Bertz CT molecular complexity index is 1890. The van der Waals surface area contributed by atoms with Gasteiger partial charge in [-0.3, -0.25) is 5.10 Å². The minimum absolute atomic E-state index is 0.123. The fourth-order valence-corrected chi connectivity index (χ4v) is 7.09. The lowest BCUT2D eigenvalue weighted by atomic mass is 9.75. The first kappa shape index (κ1) is 24.4. The summed E-state index contributed by atoms with van der Waals surface area (Å²) >= 11 is 0. The summed E-state index contributed by atoms with van der Waals surface area (Å²) in [4.78, 5) is 2.56. The van der Waals surface area contributed by atoms with E-state index in [0.717, 1.165) is 44.7 Å². The fraction of sp³-hybridized carbons (Fsp3) is 0.216. The number of hydrogen-bond acceptors (Lipinski definition) is 3. The molecule has 3 heterocycles. The van der Waals surface area contributed by atoms with E-state index in [4.69, 9.17) is 4.74 Å². The van der Waals surface area contributed by atoms with Crippen LogP contribution in [0.15, 0.2) is 103 Å². The zero-order valence-corrected chi connectivity index (χ0v) is 23.4. The molecule has 6 aromatic rings. The Labute approximate surface area is 240 Å². The summed E-state index contributed by atoms with van der Waals surface area (Å²) in [5.74, 6) is 0. The maximum absolute atomic E-state index is 5.85. The van der Waals surface area contributed by atoms with Gasteiger partial charge in [0.15, 0.2) is 0 Å². The molecule has 0 unspecified atom stereocenters. The van der Waals surface area contributed by atoms with Crippen molar-refractivity contribution in [3.63, 3.8) is 0 Å². The highest BCUT2D eigenvalue weighted by Gasteiger charge is 2.44. The Balaban J connectivity index is 1.15. The molecule has 1 fully saturated rings. The molecule has 1 aromatic heterocycles. The molecule has 2 aliphatic rings. The first-order valence-electron chi connectivity index (χ1n) is 14.7. The van der Waals surface area contributed by atoms with Crippen molar-refractivity contribution in [3.05, 3.63) is 120 Å². The molecule has 0 amide bonds. The molecule has 5 aromatic carbocycles. The van der Waals surface area contributed by atoms with Crippen molar-refractivity contribution in [1.29, 1.82) is 0 Å². The van der Waals surface area contributed by atoms with Crippen LogP contribution in [0.4, 0.5) is 5.69 Å². The van der Waals surface area contributed by atoms with Gasteiger partial charge in [0.1, 0.15) is 0 Å². The predicted octanol–water partition coefficient (Wildman–Crippen LogP) is 8.43. The third kappa shape index (κ3) is 4.13. The molecule has 2 aliphatic heterocycles. The van der Waals surface area contributed by atoms with Crippen LogP contribution in [0.2, 0.25) is 0 Å². The van der Waals surface area contributed by atoms with Gasteiger partial charge in [-0.2, -0.15) is 5.10 Å². The summed E-state index contributed by atoms with van der Waals surface area (Å²) in [7, 11) is 0. The van der Waals surface area contributed by atoms with Crippen molar-refractivity contribution in [2.24, 2.45) is 0 Å². The molecule has 0 saturated carbocycles. The smallest absolute Gasteiger partial charge is 0.0924 e. The van der Waals surface area contributed by atoms with Gasteiger partial charge in [-0.1, -0.05) is 84.4 Å². The number of aromatic nitrogens is 2. The lowest BCUT2D eigenvalue weighted by Crippen LogP contribution is -2.38.